The van der Waals surface area contributed by atoms with E-state index < -0.39 is 23.2 Å². The second-order valence-corrected chi connectivity index (χ2v) is 8.66. The number of aliphatic carboxylic acids is 1. The van der Waals surface area contributed by atoms with E-state index in [9.17, 15) is 23.8 Å². The third-order valence-electron chi connectivity index (χ3n) is 6.29. The zero-order valence-corrected chi connectivity index (χ0v) is 17.0. The molecule has 2 aromatic carbocycles. The molecule has 0 saturated heterocycles. The van der Waals surface area contributed by atoms with Gasteiger partial charge >= 0.3 is 5.97 Å². The number of hydrogen-bond acceptors (Lipinski definition) is 3. The van der Waals surface area contributed by atoms with Crippen LogP contribution in [0.5, 0.6) is 0 Å². The summed E-state index contributed by atoms with van der Waals surface area (Å²) < 4.78 is 29.7. The first kappa shape index (κ1) is 19.7. The van der Waals surface area contributed by atoms with Gasteiger partial charge in [-0.2, -0.15) is 5.10 Å². The molecule has 0 amide bonds. The standard InChI is InChI=1S/C23H21F2N3O3/c1-11(2)21-20(13-8-23(31,9-13)22(29)30)15-7-18-12(10-26-27-18)5-19(15)28(21)14-3-4-16(24)17(25)6-14/h3-7,10-11,13,31H,8-9H2,1-2H3,(H,26,27)(H,29,30)/t13-,23+. The van der Waals surface area contributed by atoms with Crippen molar-refractivity contribution in [2.45, 2.75) is 44.1 Å². The first-order chi connectivity index (χ1) is 14.7. The fourth-order valence-corrected chi connectivity index (χ4v) is 4.80. The van der Waals surface area contributed by atoms with E-state index in [0.29, 0.717) is 5.69 Å². The van der Waals surface area contributed by atoms with Crippen LogP contribution in [0.2, 0.25) is 0 Å². The number of halogens is 2. The lowest BCUT2D eigenvalue weighted by atomic mass is 9.67. The third-order valence-corrected chi connectivity index (χ3v) is 6.29. The number of aromatic amines is 1. The Labute approximate surface area is 176 Å². The Morgan fingerprint density at radius 2 is 1.97 bits per heavy atom. The van der Waals surface area contributed by atoms with Crippen molar-refractivity contribution in [1.82, 2.24) is 14.8 Å². The van der Waals surface area contributed by atoms with E-state index >= 15 is 0 Å². The zero-order chi connectivity index (χ0) is 22.1. The Kier molecular flexibility index (Phi) is 4.20. The minimum Gasteiger partial charge on any atom is -0.479 e. The highest BCUT2D eigenvalue weighted by Crippen LogP contribution is 2.51. The summed E-state index contributed by atoms with van der Waals surface area (Å²) in [4.78, 5) is 11.5. The lowest BCUT2D eigenvalue weighted by Crippen LogP contribution is -2.49. The monoisotopic (exact) mass is 425 g/mol. The summed E-state index contributed by atoms with van der Waals surface area (Å²) in [5.41, 5.74) is 2.17. The van der Waals surface area contributed by atoms with Crippen molar-refractivity contribution in [3.8, 4) is 5.69 Å². The van der Waals surface area contributed by atoms with Gasteiger partial charge in [-0.05, 0) is 54.5 Å². The maximum absolute atomic E-state index is 14.1. The quantitative estimate of drug-likeness (QED) is 0.446. The van der Waals surface area contributed by atoms with E-state index in [4.69, 9.17) is 0 Å². The molecule has 5 rings (SSSR count). The van der Waals surface area contributed by atoms with E-state index in [1.807, 2.05) is 30.5 Å². The molecule has 2 heterocycles. The van der Waals surface area contributed by atoms with Gasteiger partial charge in [-0.3, -0.25) is 5.10 Å². The van der Waals surface area contributed by atoms with Crippen LogP contribution in [0.15, 0.2) is 36.5 Å². The number of nitrogens with zero attached hydrogens (tertiary/aromatic N) is 2. The summed E-state index contributed by atoms with van der Waals surface area (Å²) in [5, 5.41) is 28.5. The molecule has 0 spiro atoms. The van der Waals surface area contributed by atoms with Crippen molar-refractivity contribution in [2.24, 2.45) is 0 Å². The SMILES string of the molecule is CC(C)c1c([C@H]2C[C@](O)(C(=O)O)C2)c2cc3[nH]ncc3cc2n1-c1ccc(F)c(F)c1. The van der Waals surface area contributed by atoms with E-state index in [2.05, 4.69) is 10.2 Å². The van der Waals surface area contributed by atoms with Crippen molar-refractivity contribution < 1.29 is 23.8 Å². The first-order valence-electron chi connectivity index (χ1n) is 10.1. The van der Waals surface area contributed by atoms with Crippen molar-refractivity contribution in [1.29, 1.82) is 0 Å². The second kappa shape index (κ2) is 6.62. The van der Waals surface area contributed by atoms with Crippen LogP contribution in [0.25, 0.3) is 27.5 Å². The molecular formula is C23H21F2N3O3. The van der Waals surface area contributed by atoms with Crippen molar-refractivity contribution >= 4 is 27.8 Å². The Morgan fingerprint density at radius 1 is 1.23 bits per heavy atom. The van der Waals surface area contributed by atoms with E-state index in [1.54, 1.807) is 6.20 Å². The molecule has 0 radical (unpaired) electrons. The summed E-state index contributed by atoms with van der Waals surface area (Å²) >= 11 is 0. The molecule has 0 atom stereocenters. The average molecular weight is 425 g/mol. The van der Waals surface area contributed by atoms with Gasteiger partial charge in [0.1, 0.15) is 0 Å². The molecule has 1 fully saturated rings. The Balaban J connectivity index is 1.82. The van der Waals surface area contributed by atoms with Gasteiger partial charge in [-0.25, -0.2) is 13.6 Å². The van der Waals surface area contributed by atoms with Gasteiger partial charge < -0.3 is 14.8 Å². The number of carboxylic acid groups (broad SMARTS) is 1. The van der Waals surface area contributed by atoms with Crippen LogP contribution in [0.4, 0.5) is 8.78 Å². The van der Waals surface area contributed by atoms with Crippen molar-refractivity contribution in [3.05, 3.63) is 59.4 Å². The van der Waals surface area contributed by atoms with Crippen molar-refractivity contribution in [2.75, 3.05) is 0 Å². The predicted molar refractivity (Wildman–Crippen MR) is 111 cm³/mol. The number of benzene rings is 2. The lowest BCUT2D eigenvalue weighted by Gasteiger charge is -2.41. The molecule has 3 N–H and O–H groups in total. The molecule has 2 aromatic heterocycles. The molecule has 1 saturated carbocycles. The van der Waals surface area contributed by atoms with E-state index in [0.717, 1.165) is 39.1 Å². The fraction of sp³-hybridized carbons (Fsp3) is 0.304. The van der Waals surface area contributed by atoms with Crippen molar-refractivity contribution in [3.63, 3.8) is 0 Å². The number of aromatic nitrogens is 3. The molecule has 0 bridgehead atoms. The number of carbonyl (C=O) groups is 1. The highest BCUT2D eigenvalue weighted by Gasteiger charge is 2.51. The van der Waals surface area contributed by atoms with Gasteiger partial charge in [0.25, 0.3) is 0 Å². The number of carboxylic acids is 1. The normalized spacial score (nSPS) is 21.2. The lowest BCUT2D eigenvalue weighted by molar-refractivity contribution is -0.169. The minimum atomic E-state index is -1.74. The summed E-state index contributed by atoms with van der Waals surface area (Å²) in [6.45, 7) is 4.01. The zero-order valence-electron chi connectivity index (χ0n) is 17.0. The largest absolute Gasteiger partial charge is 0.479 e. The molecule has 1 aliphatic rings. The highest BCUT2D eigenvalue weighted by atomic mass is 19.2. The van der Waals surface area contributed by atoms with Crippen LogP contribution >= 0.6 is 0 Å². The second-order valence-electron chi connectivity index (χ2n) is 8.66. The Bertz CT molecular complexity index is 1350. The van der Waals surface area contributed by atoms with Crippen LogP contribution in [-0.2, 0) is 4.79 Å². The van der Waals surface area contributed by atoms with Crippen LogP contribution < -0.4 is 0 Å². The molecule has 31 heavy (non-hydrogen) atoms. The minimum absolute atomic E-state index is 0.00509. The number of nitrogens with one attached hydrogen (secondary N) is 1. The molecule has 6 nitrogen and oxygen atoms in total. The number of rotatable bonds is 4. The first-order valence-corrected chi connectivity index (χ1v) is 10.1. The van der Waals surface area contributed by atoms with Gasteiger partial charge in [0, 0.05) is 28.2 Å². The van der Waals surface area contributed by atoms with Crippen LogP contribution in [0.1, 0.15) is 49.8 Å². The molecular weight excluding hydrogens is 404 g/mol. The Morgan fingerprint density at radius 3 is 2.61 bits per heavy atom. The fourth-order valence-electron chi connectivity index (χ4n) is 4.80. The number of aliphatic hydroxyl groups is 1. The van der Waals surface area contributed by atoms with Gasteiger partial charge in [0.05, 0.1) is 17.2 Å². The number of H-pyrrole nitrogens is 1. The topological polar surface area (TPSA) is 91.1 Å². The molecule has 160 valence electrons. The van der Waals surface area contributed by atoms with Gasteiger partial charge in [-0.1, -0.05) is 13.8 Å². The summed E-state index contributed by atoms with van der Waals surface area (Å²) in [5.74, 6) is -3.26. The van der Waals surface area contributed by atoms with Gasteiger partial charge in [0.15, 0.2) is 17.2 Å². The third kappa shape index (κ3) is 2.85. The molecule has 1 aliphatic carbocycles. The Hall–Kier alpha value is -3.26. The number of hydrogen-bond donors (Lipinski definition) is 3. The van der Waals surface area contributed by atoms with E-state index in [1.165, 1.54) is 12.1 Å². The van der Waals surface area contributed by atoms with Crippen LogP contribution in [0, 0.1) is 11.6 Å². The molecule has 8 heteroatoms. The van der Waals surface area contributed by atoms with Gasteiger partial charge in [0.2, 0.25) is 0 Å². The summed E-state index contributed by atoms with van der Waals surface area (Å²) in [7, 11) is 0. The predicted octanol–water partition coefficient (Wildman–Crippen LogP) is 4.60. The molecule has 4 aromatic rings. The number of fused-ring (bicyclic) bond motifs is 2. The maximum Gasteiger partial charge on any atom is 0.335 e. The molecule has 0 aliphatic heterocycles. The smallest absolute Gasteiger partial charge is 0.335 e. The van der Waals surface area contributed by atoms with Crippen LogP contribution in [-0.4, -0.2) is 36.5 Å². The average Bonchev–Trinajstić information content (AvgIpc) is 3.27. The summed E-state index contributed by atoms with van der Waals surface area (Å²) in [6, 6.07) is 7.68. The summed E-state index contributed by atoms with van der Waals surface area (Å²) in [6.07, 6.45) is 1.89. The molecule has 0 unspecified atom stereocenters. The van der Waals surface area contributed by atoms with E-state index in [-0.39, 0.29) is 24.7 Å². The highest BCUT2D eigenvalue weighted by molar-refractivity contribution is 5.99. The maximum atomic E-state index is 14.1. The van der Waals surface area contributed by atoms with Crippen LogP contribution in [0.3, 0.4) is 0 Å². The van der Waals surface area contributed by atoms with Gasteiger partial charge in [-0.15, -0.1) is 0 Å².